The second-order valence-corrected chi connectivity index (χ2v) is 5.54. The molecule has 0 fully saturated rings. The number of carbonyl (C=O) groups is 1. The second kappa shape index (κ2) is 8.18. The van der Waals surface area contributed by atoms with Gasteiger partial charge < -0.3 is 20.1 Å². The summed E-state index contributed by atoms with van der Waals surface area (Å²) >= 11 is 5.98. The lowest BCUT2D eigenvalue weighted by molar-refractivity contribution is -0.137. The van der Waals surface area contributed by atoms with Crippen molar-refractivity contribution in [1.82, 2.24) is 0 Å². The van der Waals surface area contributed by atoms with Crippen molar-refractivity contribution in [1.29, 1.82) is 0 Å². The van der Waals surface area contributed by atoms with Crippen LogP contribution in [-0.2, 0) is 11.0 Å². The number of hydrogen-bond acceptors (Lipinski definition) is 4. The molecular weight excluding hydrogens is 373 g/mol. The fraction of sp³-hybridized carbons (Fsp3) is 0.235. The SMILES string of the molecule is COc1cc(NC(=O)CNc2ccccc2C(F)(F)F)c(OC)cc1Cl. The summed E-state index contributed by atoms with van der Waals surface area (Å²) in [5.41, 5.74) is -0.751. The number of para-hydroxylation sites is 1. The summed E-state index contributed by atoms with van der Waals surface area (Å²) in [6.07, 6.45) is -4.52. The van der Waals surface area contributed by atoms with Gasteiger partial charge in [-0.3, -0.25) is 4.79 Å². The monoisotopic (exact) mass is 388 g/mol. The predicted molar refractivity (Wildman–Crippen MR) is 93.1 cm³/mol. The molecule has 1 amide bonds. The number of rotatable bonds is 6. The highest BCUT2D eigenvalue weighted by molar-refractivity contribution is 6.32. The van der Waals surface area contributed by atoms with Gasteiger partial charge in [0.25, 0.3) is 0 Å². The van der Waals surface area contributed by atoms with E-state index in [0.717, 1.165) is 6.07 Å². The van der Waals surface area contributed by atoms with Gasteiger partial charge in [0.2, 0.25) is 5.91 Å². The number of benzene rings is 2. The Hall–Kier alpha value is -2.61. The Labute approximate surface area is 153 Å². The fourth-order valence-electron chi connectivity index (χ4n) is 2.21. The predicted octanol–water partition coefficient (Wildman–Crippen LogP) is 4.43. The van der Waals surface area contributed by atoms with Crippen molar-refractivity contribution >= 4 is 28.9 Å². The normalized spacial score (nSPS) is 11.0. The Morgan fingerprint density at radius 1 is 1.08 bits per heavy atom. The van der Waals surface area contributed by atoms with Gasteiger partial charge >= 0.3 is 6.18 Å². The third-order valence-corrected chi connectivity index (χ3v) is 3.72. The second-order valence-electron chi connectivity index (χ2n) is 5.13. The first kappa shape index (κ1) is 19.7. The van der Waals surface area contributed by atoms with Crippen molar-refractivity contribution in [2.24, 2.45) is 0 Å². The zero-order valence-electron chi connectivity index (χ0n) is 13.9. The summed E-state index contributed by atoms with van der Waals surface area (Å²) in [6, 6.07) is 7.84. The minimum Gasteiger partial charge on any atom is -0.495 e. The summed E-state index contributed by atoms with van der Waals surface area (Å²) < 4.78 is 49.1. The zero-order chi connectivity index (χ0) is 19.3. The van der Waals surface area contributed by atoms with Crippen LogP contribution in [0.25, 0.3) is 0 Å². The number of halogens is 4. The third kappa shape index (κ3) is 4.72. The molecule has 0 aliphatic rings. The van der Waals surface area contributed by atoms with E-state index in [-0.39, 0.29) is 17.9 Å². The van der Waals surface area contributed by atoms with Crippen LogP contribution >= 0.6 is 11.6 Å². The molecule has 0 bridgehead atoms. The van der Waals surface area contributed by atoms with Gasteiger partial charge in [0.1, 0.15) is 11.5 Å². The van der Waals surface area contributed by atoms with Gasteiger partial charge in [0.05, 0.1) is 37.0 Å². The first-order valence-corrected chi connectivity index (χ1v) is 7.75. The van der Waals surface area contributed by atoms with Crippen LogP contribution in [0.15, 0.2) is 36.4 Å². The molecule has 2 aromatic carbocycles. The zero-order valence-corrected chi connectivity index (χ0v) is 14.7. The minimum absolute atomic E-state index is 0.184. The van der Waals surface area contributed by atoms with Gasteiger partial charge in [0, 0.05) is 17.8 Å². The number of amides is 1. The van der Waals surface area contributed by atoms with E-state index >= 15 is 0 Å². The summed E-state index contributed by atoms with van der Waals surface area (Å²) in [5, 5.41) is 5.32. The van der Waals surface area contributed by atoms with Crippen LogP contribution in [0.1, 0.15) is 5.56 Å². The molecule has 0 aliphatic carbocycles. The summed E-state index contributed by atoms with van der Waals surface area (Å²) in [5.74, 6) is 0.0441. The molecule has 9 heteroatoms. The number of carbonyl (C=O) groups excluding carboxylic acids is 1. The molecular formula is C17H16ClF3N2O3. The van der Waals surface area contributed by atoms with E-state index in [9.17, 15) is 18.0 Å². The van der Waals surface area contributed by atoms with Gasteiger partial charge in [-0.1, -0.05) is 23.7 Å². The van der Waals surface area contributed by atoms with Crippen molar-refractivity contribution < 1.29 is 27.4 Å². The minimum atomic E-state index is -4.52. The molecule has 0 saturated heterocycles. The highest BCUT2D eigenvalue weighted by Crippen LogP contribution is 2.36. The third-order valence-electron chi connectivity index (χ3n) is 3.42. The van der Waals surface area contributed by atoms with Crippen molar-refractivity contribution in [3.05, 3.63) is 47.0 Å². The van der Waals surface area contributed by atoms with E-state index in [4.69, 9.17) is 21.1 Å². The summed E-state index contributed by atoms with van der Waals surface area (Å²) in [4.78, 5) is 12.1. The summed E-state index contributed by atoms with van der Waals surface area (Å²) in [7, 11) is 2.81. The van der Waals surface area contributed by atoms with Crippen LogP contribution in [0.3, 0.4) is 0 Å². The van der Waals surface area contributed by atoms with Crippen molar-refractivity contribution in [3.8, 4) is 11.5 Å². The van der Waals surface area contributed by atoms with Crippen LogP contribution in [0, 0.1) is 0 Å². The van der Waals surface area contributed by atoms with E-state index in [1.807, 2.05) is 0 Å². The van der Waals surface area contributed by atoms with Gasteiger partial charge in [-0.05, 0) is 12.1 Å². The molecule has 0 aliphatic heterocycles. The molecule has 0 atom stereocenters. The van der Waals surface area contributed by atoms with Crippen LogP contribution < -0.4 is 20.1 Å². The number of anilines is 2. The van der Waals surface area contributed by atoms with E-state index in [2.05, 4.69) is 10.6 Å². The quantitative estimate of drug-likeness (QED) is 0.768. The van der Waals surface area contributed by atoms with Gasteiger partial charge in [-0.2, -0.15) is 13.2 Å². The van der Waals surface area contributed by atoms with Crippen LogP contribution in [-0.4, -0.2) is 26.7 Å². The van der Waals surface area contributed by atoms with Gasteiger partial charge in [0.15, 0.2) is 0 Å². The Balaban J connectivity index is 2.11. The molecule has 0 spiro atoms. The number of methoxy groups -OCH3 is 2. The fourth-order valence-corrected chi connectivity index (χ4v) is 2.44. The topological polar surface area (TPSA) is 59.6 Å². The number of nitrogens with one attached hydrogen (secondary N) is 2. The lowest BCUT2D eigenvalue weighted by Crippen LogP contribution is -2.23. The van der Waals surface area contributed by atoms with Crippen molar-refractivity contribution in [2.45, 2.75) is 6.18 Å². The molecule has 0 saturated carbocycles. The average molecular weight is 389 g/mol. The van der Waals surface area contributed by atoms with Crippen molar-refractivity contribution in [3.63, 3.8) is 0 Å². The highest BCUT2D eigenvalue weighted by atomic mass is 35.5. The maximum Gasteiger partial charge on any atom is 0.418 e. The average Bonchev–Trinajstić information content (AvgIpc) is 2.60. The molecule has 5 nitrogen and oxygen atoms in total. The van der Waals surface area contributed by atoms with E-state index in [0.29, 0.717) is 16.5 Å². The molecule has 2 N–H and O–H groups in total. The van der Waals surface area contributed by atoms with E-state index in [1.165, 1.54) is 44.6 Å². The molecule has 26 heavy (non-hydrogen) atoms. The van der Waals surface area contributed by atoms with Crippen LogP contribution in [0.2, 0.25) is 5.02 Å². The van der Waals surface area contributed by atoms with E-state index in [1.54, 1.807) is 0 Å². The van der Waals surface area contributed by atoms with Crippen LogP contribution in [0.5, 0.6) is 11.5 Å². The largest absolute Gasteiger partial charge is 0.495 e. The molecule has 0 heterocycles. The standard InChI is InChI=1S/C17H16ClF3N2O3/c1-25-14-8-13(15(26-2)7-11(14)18)23-16(24)9-22-12-6-4-3-5-10(12)17(19,20)21/h3-8,22H,9H2,1-2H3,(H,23,24). The first-order valence-electron chi connectivity index (χ1n) is 7.37. The lowest BCUT2D eigenvalue weighted by Gasteiger charge is -2.15. The molecule has 2 aromatic rings. The van der Waals surface area contributed by atoms with Gasteiger partial charge in [-0.25, -0.2) is 0 Å². The maximum atomic E-state index is 13.0. The Morgan fingerprint density at radius 3 is 2.35 bits per heavy atom. The Kier molecular flexibility index (Phi) is 6.20. The number of ether oxygens (including phenoxy) is 2. The summed E-state index contributed by atoms with van der Waals surface area (Å²) in [6.45, 7) is -0.374. The van der Waals surface area contributed by atoms with Crippen molar-refractivity contribution in [2.75, 3.05) is 31.4 Å². The molecule has 2 rings (SSSR count). The number of alkyl halides is 3. The lowest BCUT2D eigenvalue weighted by atomic mass is 10.1. The Bertz CT molecular complexity index is 797. The molecule has 0 radical (unpaired) electrons. The highest BCUT2D eigenvalue weighted by Gasteiger charge is 2.33. The molecule has 0 unspecified atom stereocenters. The Morgan fingerprint density at radius 2 is 1.73 bits per heavy atom. The number of hydrogen-bond donors (Lipinski definition) is 2. The van der Waals surface area contributed by atoms with Gasteiger partial charge in [-0.15, -0.1) is 0 Å². The molecule has 140 valence electrons. The van der Waals surface area contributed by atoms with E-state index < -0.39 is 17.6 Å². The maximum absolute atomic E-state index is 13.0. The molecule has 0 aromatic heterocycles. The smallest absolute Gasteiger partial charge is 0.418 e. The first-order chi connectivity index (χ1) is 12.3. The van der Waals surface area contributed by atoms with Crippen LogP contribution in [0.4, 0.5) is 24.5 Å².